The van der Waals surface area contributed by atoms with E-state index in [1.165, 1.54) is 183 Å². The number of thiophene rings is 1. The second-order valence-corrected chi connectivity index (χ2v) is 48.6. The Bertz CT molecular complexity index is 8240. The third-order valence-electron chi connectivity index (χ3n) is 35.4. The van der Waals surface area contributed by atoms with Crippen LogP contribution in [0.5, 0.6) is 0 Å². The molecule has 0 saturated heterocycles. The third-order valence-corrected chi connectivity index (χ3v) is 36.5. The zero-order valence-electron chi connectivity index (χ0n) is 84.8. The maximum atomic E-state index is 6.88. The highest BCUT2D eigenvalue weighted by Crippen LogP contribution is 2.60. The molecule has 696 valence electrons. The molecule has 0 amide bonds. The molecule has 6 heterocycles. The average molecular weight is 1850 g/mol. The molecule has 0 bridgehead atoms. The van der Waals surface area contributed by atoms with E-state index in [0.29, 0.717) is 0 Å². The molecule has 141 heavy (non-hydrogen) atoms. The van der Waals surface area contributed by atoms with Crippen molar-refractivity contribution in [2.24, 2.45) is 0 Å². The normalized spacial score (nSPS) is 18.4. The minimum atomic E-state index is -0.179. The maximum Gasteiger partial charge on any atom is 0.252 e. The van der Waals surface area contributed by atoms with Crippen LogP contribution in [0.15, 0.2) is 326 Å². The van der Waals surface area contributed by atoms with Crippen LogP contribution in [0, 0.1) is 13.8 Å². The summed E-state index contributed by atoms with van der Waals surface area (Å²) in [6.07, 6.45) is 10.8. The summed E-state index contributed by atoms with van der Waals surface area (Å²) in [5.74, 6) is 0. The van der Waals surface area contributed by atoms with Crippen molar-refractivity contribution in [1.29, 1.82) is 0 Å². The molecule has 0 radical (unpaired) electrons. The largest absolute Gasteiger partial charge is 0.456 e. The highest BCUT2D eigenvalue weighted by Gasteiger charge is 2.52. The summed E-state index contributed by atoms with van der Waals surface area (Å²) in [6, 6.07) is 125. The van der Waals surface area contributed by atoms with Gasteiger partial charge in [-0.3, -0.25) is 0 Å². The zero-order chi connectivity index (χ0) is 96.4. The number of anilines is 18. The van der Waals surface area contributed by atoms with E-state index >= 15 is 0 Å². The molecule has 10 heteroatoms. The second kappa shape index (κ2) is 31.2. The fourth-order valence-electron chi connectivity index (χ4n) is 27.1. The lowest BCUT2D eigenvalue weighted by Gasteiger charge is -2.48. The highest BCUT2D eigenvalue weighted by atomic mass is 32.1. The van der Waals surface area contributed by atoms with Gasteiger partial charge in [-0.2, -0.15) is 0 Å². The smallest absolute Gasteiger partial charge is 0.252 e. The molecule has 0 saturated carbocycles. The van der Waals surface area contributed by atoms with E-state index in [0.717, 1.165) is 120 Å². The first-order chi connectivity index (χ1) is 67.8. The summed E-state index contributed by atoms with van der Waals surface area (Å²) in [4.78, 5) is 15.9. The Balaban J connectivity index is 0.622. The predicted molar refractivity (Wildman–Crippen MR) is 604 cm³/mol. The van der Waals surface area contributed by atoms with E-state index in [9.17, 15) is 0 Å². The first-order valence-electron chi connectivity index (χ1n) is 51.9. The number of hydrogen-bond donors (Lipinski definition) is 0. The number of fused-ring (bicyclic) bond motifs is 18. The van der Waals surface area contributed by atoms with Gasteiger partial charge in [-0.05, 0) is 379 Å². The molecule has 4 aliphatic carbocycles. The van der Waals surface area contributed by atoms with Gasteiger partial charge in [0.2, 0.25) is 0 Å². The van der Waals surface area contributed by atoms with E-state index in [4.69, 9.17) is 4.42 Å². The van der Waals surface area contributed by atoms with Gasteiger partial charge in [-0.15, -0.1) is 11.3 Å². The molecule has 7 nitrogen and oxygen atoms in total. The number of para-hydroxylation sites is 5. The van der Waals surface area contributed by atoms with Crippen molar-refractivity contribution in [1.82, 2.24) is 0 Å². The molecule has 8 aliphatic rings. The van der Waals surface area contributed by atoms with Crippen LogP contribution < -0.4 is 62.2 Å². The van der Waals surface area contributed by atoms with E-state index in [1.807, 2.05) is 11.3 Å². The Kier molecular flexibility index (Phi) is 19.4. The molecule has 18 aromatic rings. The maximum absolute atomic E-state index is 6.88. The highest BCUT2D eigenvalue weighted by molar-refractivity contribution is 7.26. The molecule has 2 aromatic heterocycles. The fraction of sp³-hybridized carbons (Fsp3) is 0.267. The topological polar surface area (TPSA) is 32.6 Å². The number of nitrogens with zero attached hydrogens (tertiary/aromatic N) is 6. The van der Waals surface area contributed by atoms with Crippen LogP contribution >= 0.6 is 11.3 Å². The second-order valence-electron chi connectivity index (χ2n) is 47.6. The molecule has 4 aliphatic heterocycles. The van der Waals surface area contributed by atoms with Crippen LogP contribution in [0.25, 0.3) is 42.1 Å². The summed E-state index contributed by atoms with van der Waals surface area (Å²) in [7, 11) is 0. The number of hydrogen-bond acceptors (Lipinski definition) is 8. The molecule has 1 atom stereocenters. The lowest BCUT2D eigenvalue weighted by atomic mass is 9.33. The summed E-state index contributed by atoms with van der Waals surface area (Å²) >= 11 is 1.91. The van der Waals surface area contributed by atoms with Gasteiger partial charge in [-0.25, -0.2) is 0 Å². The van der Waals surface area contributed by atoms with Gasteiger partial charge < -0.3 is 33.8 Å². The van der Waals surface area contributed by atoms with Gasteiger partial charge in [0.25, 0.3) is 13.4 Å². The van der Waals surface area contributed by atoms with E-state index < -0.39 is 0 Å². The molecule has 1 unspecified atom stereocenters. The minimum absolute atomic E-state index is 0.0127. The van der Waals surface area contributed by atoms with Gasteiger partial charge in [0, 0.05) is 117 Å². The number of benzene rings is 16. The monoisotopic (exact) mass is 1850 g/mol. The van der Waals surface area contributed by atoms with Gasteiger partial charge in [0.15, 0.2) is 0 Å². The third kappa shape index (κ3) is 13.5. The summed E-state index contributed by atoms with van der Waals surface area (Å²) in [6.45, 7) is 42.1. The fourth-order valence-corrected chi connectivity index (χ4v) is 28.3. The van der Waals surface area contributed by atoms with E-state index in [2.05, 4.69) is 469 Å². The van der Waals surface area contributed by atoms with E-state index in [1.54, 1.807) is 0 Å². The van der Waals surface area contributed by atoms with Crippen molar-refractivity contribution < 1.29 is 4.42 Å². The van der Waals surface area contributed by atoms with Crippen LogP contribution in [0.2, 0.25) is 0 Å². The van der Waals surface area contributed by atoms with Crippen LogP contribution in [0.1, 0.15) is 223 Å². The van der Waals surface area contributed by atoms with Crippen LogP contribution in [-0.2, 0) is 49.7 Å². The minimum Gasteiger partial charge on any atom is -0.456 e. The van der Waals surface area contributed by atoms with Gasteiger partial charge in [0.1, 0.15) is 11.2 Å². The molecule has 26 rings (SSSR count). The van der Waals surface area contributed by atoms with Crippen molar-refractivity contribution in [2.75, 3.05) is 29.4 Å². The number of furan rings is 1. The molecule has 16 aromatic carbocycles. The van der Waals surface area contributed by atoms with E-state index in [-0.39, 0.29) is 56.7 Å². The molecule has 0 fully saturated rings. The Morgan fingerprint density at radius 1 is 0.277 bits per heavy atom. The summed E-state index contributed by atoms with van der Waals surface area (Å²) in [5.41, 5.74) is 46.2. The van der Waals surface area contributed by atoms with Crippen LogP contribution in [-0.4, -0.2) is 13.4 Å². The quantitative estimate of drug-likeness (QED) is 0.106. The predicted octanol–water partition coefficient (Wildman–Crippen LogP) is 32.7. The van der Waals surface area contributed by atoms with Crippen molar-refractivity contribution in [3.63, 3.8) is 0 Å². The summed E-state index contributed by atoms with van der Waals surface area (Å²) < 4.78 is 9.47. The molecular weight excluding hydrogens is 1730 g/mol. The Morgan fingerprint density at radius 3 is 1.20 bits per heavy atom. The molecule has 0 N–H and O–H groups in total. The Hall–Kier alpha value is -13.5. The standard InChI is InChI=1S/C131H124B2N6OS/c1-81-69-112-122-114(71-81)138(106-45-33-48-117-120(106)91-42-28-31-47-116(91)140-117)108-75-89(134(84-36-21-18-22-37-84)85-38-23-19-24-39-85)53-57-101(108)132(122)104-78-98-100(129(13,14)66-64-127(98,9)10)80-111(104)137(112)88-52-56-94-96(74-88)130(15,16)67-68-131(94,17)60-59-83-35-27-30-44-105(83)135(86-40-25-20-26-41-86)90-54-58-102-109(76-90)139(107-46-34-50-119-121(107)92-43-29-32-49-118(92)141-119)115-72-82(2)70-113-123(115)133(102)103-77-97-99(128(11,12)65-63-126(97,7)8)79-110(103)136(113)87-51-55-93-95(73-87)125(5,6)62-61-124(93,3)4/h18-58,69-80H,59-68H2,1-17H3. The van der Waals surface area contributed by atoms with Crippen molar-refractivity contribution in [3.05, 3.63) is 383 Å². The SMILES string of the molecule is Cc1cc2c3c(c1)N(c1cccc4oc5ccccc5c14)c1cc(N(c4ccccc4)c4ccccc4)ccc1B3c1cc3c(cc1N2c1ccc2c(c1)C(C)(C)CCC2(C)CCc1ccccc1N(c1ccccc1)c1ccc2c(c1)N(c1cccc4sc5ccccc5c14)c1cc(C)cc4c1B2c1cc2c(cc1N4c1ccc4c(c1)C(C)(C)CCC4(C)C)C(C)(C)CCC2(C)C)C(C)(C)CCC3(C)C. The molecule has 0 spiro atoms. The van der Waals surface area contributed by atoms with Crippen LogP contribution in [0.3, 0.4) is 0 Å². The lowest BCUT2D eigenvalue weighted by Crippen LogP contribution is -2.62. The van der Waals surface area contributed by atoms with Crippen LogP contribution in [0.4, 0.5) is 102 Å². The first-order valence-corrected chi connectivity index (χ1v) is 52.7. The number of aryl methyl sites for hydroxylation is 3. The first kappa shape index (κ1) is 87.7. The zero-order valence-corrected chi connectivity index (χ0v) is 85.6. The van der Waals surface area contributed by atoms with Crippen molar-refractivity contribution in [2.45, 2.75) is 225 Å². The van der Waals surface area contributed by atoms with Gasteiger partial charge >= 0.3 is 0 Å². The summed E-state index contributed by atoms with van der Waals surface area (Å²) in [5, 5.41) is 4.79. The lowest BCUT2D eigenvalue weighted by molar-refractivity contribution is 0.297. The average Bonchev–Trinajstić information content (AvgIpc) is 1.04. The van der Waals surface area contributed by atoms with Gasteiger partial charge in [-0.1, -0.05) is 262 Å². The van der Waals surface area contributed by atoms with Crippen molar-refractivity contribution >= 4 is 202 Å². The number of rotatable bonds is 13. The Labute approximate surface area is 837 Å². The van der Waals surface area contributed by atoms with Crippen molar-refractivity contribution in [3.8, 4) is 0 Å². The Morgan fingerprint density at radius 2 is 0.667 bits per heavy atom. The van der Waals surface area contributed by atoms with Gasteiger partial charge in [0.05, 0.1) is 16.8 Å². The molecular formula is C131H124B2N6OS.